The minimum atomic E-state index is -1.06. The first-order chi connectivity index (χ1) is 8.54. The van der Waals surface area contributed by atoms with Crippen molar-refractivity contribution < 1.29 is 19.4 Å². The molecule has 0 aliphatic heterocycles. The summed E-state index contributed by atoms with van der Waals surface area (Å²) in [6, 6.07) is -0.950. The number of aliphatic carboxylic acids is 1. The van der Waals surface area contributed by atoms with E-state index in [2.05, 4.69) is 5.32 Å². The average Bonchev–Trinajstić information content (AvgIpc) is 2.80. The van der Waals surface area contributed by atoms with Gasteiger partial charge < -0.3 is 15.2 Å². The van der Waals surface area contributed by atoms with Crippen LogP contribution in [0, 0.1) is 11.8 Å². The minimum absolute atomic E-state index is 0.00276. The molecule has 18 heavy (non-hydrogen) atoms. The third kappa shape index (κ3) is 4.64. The number of amides is 1. The van der Waals surface area contributed by atoms with Crippen LogP contribution in [-0.2, 0) is 14.3 Å². The Morgan fingerprint density at radius 1 is 1.39 bits per heavy atom. The van der Waals surface area contributed by atoms with Crippen LogP contribution in [0.4, 0.5) is 0 Å². The molecule has 0 heterocycles. The van der Waals surface area contributed by atoms with Crippen LogP contribution in [0.25, 0.3) is 0 Å². The van der Waals surface area contributed by atoms with E-state index in [4.69, 9.17) is 9.84 Å². The van der Waals surface area contributed by atoms with E-state index in [-0.39, 0.29) is 18.4 Å². The molecule has 2 atom stereocenters. The van der Waals surface area contributed by atoms with E-state index in [0.717, 1.165) is 6.42 Å². The molecule has 0 spiro atoms. The lowest BCUT2D eigenvalue weighted by atomic mass is 9.94. The molecule has 1 saturated carbocycles. The minimum Gasteiger partial charge on any atom is -0.480 e. The Hall–Kier alpha value is -1.10. The van der Waals surface area contributed by atoms with Gasteiger partial charge in [0, 0.05) is 13.0 Å². The zero-order valence-electron chi connectivity index (χ0n) is 11.1. The van der Waals surface area contributed by atoms with Gasteiger partial charge in [-0.15, -0.1) is 0 Å². The molecule has 0 aromatic rings. The van der Waals surface area contributed by atoms with E-state index >= 15 is 0 Å². The molecule has 0 aromatic carbocycles. The maximum Gasteiger partial charge on any atom is 0.328 e. The summed E-state index contributed by atoms with van der Waals surface area (Å²) in [4.78, 5) is 22.8. The molecule has 5 nitrogen and oxygen atoms in total. The van der Waals surface area contributed by atoms with E-state index in [9.17, 15) is 9.59 Å². The van der Waals surface area contributed by atoms with Gasteiger partial charge in [-0.2, -0.15) is 0 Å². The number of carboxylic acid groups (broad SMARTS) is 1. The molecule has 0 aromatic heterocycles. The number of hydrogen-bond acceptors (Lipinski definition) is 3. The highest BCUT2D eigenvalue weighted by Crippen LogP contribution is 2.30. The number of carbonyl (C=O) groups excluding carboxylic acids is 1. The summed E-state index contributed by atoms with van der Waals surface area (Å²) in [6.45, 7) is 1.86. The van der Waals surface area contributed by atoms with Gasteiger partial charge in [0.15, 0.2) is 6.04 Å². The van der Waals surface area contributed by atoms with Crippen LogP contribution >= 0.6 is 0 Å². The van der Waals surface area contributed by atoms with Crippen LogP contribution in [0.3, 0.4) is 0 Å². The molecule has 2 N–H and O–H groups in total. The normalized spacial score (nSPS) is 19.4. The van der Waals surface area contributed by atoms with Gasteiger partial charge >= 0.3 is 5.97 Å². The van der Waals surface area contributed by atoms with Gasteiger partial charge in [0.05, 0.1) is 6.61 Å². The Labute approximate surface area is 108 Å². The summed E-state index contributed by atoms with van der Waals surface area (Å²) in [5, 5.41) is 11.5. The number of nitrogens with one attached hydrogen (secondary N) is 1. The summed E-state index contributed by atoms with van der Waals surface area (Å²) in [5.74, 6) is -0.757. The molecule has 0 radical (unpaired) electrons. The van der Waals surface area contributed by atoms with Crippen molar-refractivity contribution in [3.8, 4) is 0 Å². The zero-order valence-corrected chi connectivity index (χ0v) is 11.1. The Morgan fingerprint density at radius 3 is 2.50 bits per heavy atom. The predicted octanol–water partition coefficient (Wildman–Crippen LogP) is 1.42. The highest BCUT2D eigenvalue weighted by atomic mass is 16.5. The largest absolute Gasteiger partial charge is 0.480 e. The van der Waals surface area contributed by atoms with Gasteiger partial charge in [-0.1, -0.05) is 32.6 Å². The van der Waals surface area contributed by atoms with Gasteiger partial charge in [0.2, 0.25) is 5.91 Å². The van der Waals surface area contributed by atoms with Crippen molar-refractivity contribution in [1.82, 2.24) is 5.32 Å². The molecule has 2 unspecified atom stereocenters. The first-order valence-corrected chi connectivity index (χ1v) is 6.56. The number of methoxy groups -OCH3 is 1. The number of carboxylic acids is 1. The molecular formula is C13H23NO4. The molecule has 1 aliphatic carbocycles. The molecule has 1 rings (SSSR count). The van der Waals surface area contributed by atoms with Crippen molar-refractivity contribution in [3.63, 3.8) is 0 Å². The first kappa shape index (κ1) is 15.0. The fraction of sp³-hybridized carbons (Fsp3) is 0.846. The van der Waals surface area contributed by atoms with E-state index < -0.39 is 12.0 Å². The lowest BCUT2D eigenvalue weighted by molar-refractivity contribution is -0.144. The standard InChI is InChI=1S/C13H23NO4/c1-9(7-10-5-3-4-6-10)12(15)14-11(8-18-2)13(16)17/h9-11H,3-8H2,1-2H3,(H,14,15)(H,16,17). The summed E-state index contributed by atoms with van der Waals surface area (Å²) >= 11 is 0. The fourth-order valence-corrected chi connectivity index (χ4v) is 2.51. The SMILES string of the molecule is COCC(NC(=O)C(C)CC1CCCC1)C(=O)O. The smallest absolute Gasteiger partial charge is 0.328 e. The third-order valence-electron chi connectivity index (χ3n) is 3.56. The average molecular weight is 257 g/mol. The summed E-state index contributed by atoms with van der Waals surface area (Å²) < 4.78 is 4.78. The van der Waals surface area contributed by atoms with E-state index in [1.807, 2.05) is 6.92 Å². The van der Waals surface area contributed by atoms with Crippen LogP contribution in [-0.4, -0.2) is 36.7 Å². The Kier molecular flexibility index (Phi) is 6.12. The van der Waals surface area contributed by atoms with E-state index in [0.29, 0.717) is 5.92 Å². The topological polar surface area (TPSA) is 75.6 Å². The maximum absolute atomic E-state index is 11.9. The van der Waals surface area contributed by atoms with Gasteiger partial charge in [-0.3, -0.25) is 4.79 Å². The van der Waals surface area contributed by atoms with Crippen molar-refractivity contribution in [2.45, 2.75) is 45.1 Å². The highest BCUT2D eigenvalue weighted by molar-refractivity contribution is 5.84. The second kappa shape index (κ2) is 7.36. The lowest BCUT2D eigenvalue weighted by Crippen LogP contribution is -2.46. The second-order valence-corrected chi connectivity index (χ2v) is 5.14. The summed E-state index contributed by atoms with van der Waals surface area (Å²) in [6.07, 6.45) is 5.74. The lowest BCUT2D eigenvalue weighted by Gasteiger charge is -2.19. The quantitative estimate of drug-likeness (QED) is 0.723. The Balaban J connectivity index is 2.39. The second-order valence-electron chi connectivity index (χ2n) is 5.14. The fourth-order valence-electron chi connectivity index (χ4n) is 2.51. The van der Waals surface area contributed by atoms with Crippen LogP contribution < -0.4 is 5.32 Å². The highest BCUT2D eigenvalue weighted by Gasteiger charge is 2.25. The molecule has 5 heteroatoms. The maximum atomic E-state index is 11.9. The Morgan fingerprint density at radius 2 is 2.00 bits per heavy atom. The monoisotopic (exact) mass is 257 g/mol. The first-order valence-electron chi connectivity index (χ1n) is 6.56. The number of ether oxygens (including phenoxy) is 1. The molecular weight excluding hydrogens is 234 g/mol. The van der Waals surface area contributed by atoms with Crippen LogP contribution in [0.15, 0.2) is 0 Å². The molecule has 104 valence electrons. The molecule has 0 bridgehead atoms. The van der Waals surface area contributed by atoms with E-state index in [1.54, 1.807) is 0 Å². The molecule has 1 amide bonds. The molecule has 0 saturated heterocycles. The number of hydrogen-bond donors (Lipinski definition) is 2. The van der Waals surface area contributed by atoms with Gasteiger partial charge in [-0.25, -0.2) is 4.79 Å². The summed E-state index contributed by atoms with van der Waals surface area (Å²) in [5.41, 5.74) is 0. The van der Waals surface area contributed by atoms with E-state index in [1.165, 1.54) is 32.8 Å². The third-order valence-corrected chi connectivity index (χ3v) is 3.56. The van der Waals surface area contributed by atoms with Crippen molar-refractivity contribution >= 4 is 11.9 Å². The van der Waals surface area contributed by atoms with Gasteiger partial charge in [0.1, 0.15) is 0 Å². The van der Waals surface area contributed by atoms with Crippen LogP contribution in [0.2, 0.25) is 0 Å². The van der Waals surface area contributed by atoms with Gasteiger partial charge in [-0.05, 0) is 12.3 Å². The number of carbonyl (C=O) groups is 2. The van der Waals surface area contributed by atoms with Crippen molar-refractivity contribution in [2.24, 2.45) is 11.8 Å². The van der Waals surface area contributed by atoms with Crippen molar-refractivity contribution in [3.05, 3.63) is 0 Å². The summed E-state index contributed by atoms with van der Waals surface area (Å²) in [7, 11) is 1.42. The Bertz CT molecular complexity index is 287. The van der Waals surface area contributed by atoms with Gasteiger partial charge in [0.25, 0.3) is 0 Å². The van der Waals surface area contributed by atoms with Crippen LogP contribution in [0.1, 0.15) is 39.0 Å². The van der Waals surface area contributed by atoms with Crippen LogP contribution in [0.5, 0.6) is 0 Å². The number of rotatable bonds is 7. The molecule has 1 fully saturated rings. The predicted molar refractivity (Wildman–Crippen MR) is 67.2 cm³/mol. The zero-order chi connectivity index (χ0) is 13.5. The van der Waals surface area contributed by atoms with Crippen molar-refractivity contribution in [1.29, 1.82) is 0 Å². The van der Waals surface area contributed by atoms with Crippen molar-refractivity contribution in [2.75, 3.05) is 13.7 Å². The molecule has 1 aliphatic rings.